The average molecular weight is 385 g/mol. The summed E-state index contributed by atoms with van der Waals surface area (Å²) in [6.45, 7) is 6.16. The minimum atomic E-state index is -3.64. The van der Waals surface area contributed by atoms with E-state index in [0.29, 0.717) is 11.1 Å². The van der Waals surface area contributed by atoms with Crippen LogP contribution in [-0.4, -0.2) is 27.9 Å². The molecule has 0 aliphatic heterocycles. The van der Waals surface area contributed by atoms with Crippen LogP contribution in [0, 0.1) is 11.8 Å². The molecule has 0 spiro atoms. The highest BCUT2D eigenvalue weighted by molar-refractivity contribution is 7.89. The number of benzene rings is 2. The van der Waals surface area contributed by atoms with Gasteiger partial charge in [-0.25, -0.2) is 8.42 Å². The van der Waals surface area contributed by atoms with E-state index >= 15 is 0 Å². The van der Waals surface area contributed by atoms with Crippen molar-refractivity contribution in [2.24, 2.45) is 0 Å². The van der Waals surface area contributed by atoms with Crippen LogP contribution in [0.15, 0.2) is 53.4 Å². The fraction of sp³-hybridized carbons (Fsp3) is 0.286. The Balaban J connectivity index is 2.10. The normalized spacial score (nSPS) is 11.4. The SMILES string of the molecule is CNC(=O)c1ccccc1C#CCNS(=O)(=O)c1ccc(C(C)(C)C)cc1. The summed E-state index contributed by atoms with van der Waals surface area (Å²) in [5.74, 6) is 5.37. The van der Waals surface area contributed by atoms with Gasteiger partial charge in [-0.05, 0) is 35.2 Å². The third-order valence-corrected chi connectivity index (χ3v) is 5.42. The standard InChI is InChI=1S/C21H24N2O3S/c1-21(2,3)17-11-13-18(14-12-17)27(25,26)23-15-7-9-16-8-5-6-10-19(16)20(24)22-4/h5-6,8,10-14,23H,15H2,1-4H3,(H,22,24). The lowest BCUT2D eigenvalue weighted by molar-refractivity contribution is 0.0963. The van der Waals surface area contributed by atoms with E-state index in [1.165, 1.54) is 0 Å². The Morgan fingerprint density at radius 2 is 1.67 bits per heavy atom. The predicted octanol–water partition coefficient (Wildman–Crippen LogP) is 2.67. The van der Waals surface area contributed by atoms with E-state index in [4.69, 9.17) is 0 Å². The number of amides is 1. The second-order valence-corrected chi connectivity index (χ2v) is 8.79. The summed E-state index contributed by atoms with van der Waals surface area (Å²) in [5, 5.41) is 2.55. The summed E-state index contributed by atoms with van der Waals surface area (Å²) >= 11 is 0. The monoisotopic (exact) mass is 384 g/mol. The first kappa shape index (κ1) is 20.7. The van der Waals surface area contributed by atoms with E-state index in [9.17, 15) is 13.2 Å². The average Bonchev–Trinajstić information content (AvgIpc) is 2.64. The minimum absolute atomic E-state index is 0.0423. The van der Waals surface area contributed by atoms with Gasteiger partial charge in [-0.1, -0.05) is 56.9 Å². The summed E-state index contributed by atoms with van der Waals surface area (Å²) in [7, 11) is -2.09. The summed E-state index contributed by atoms with van der Waals surface area (Å²) in [6.07, 6.45) is 0. The summed E-state index contributed by atoms with van der Waals surface area (Å²) < 4.78 is 27.2. The van der Waals surface area contributed by atoms with Crippen LogP contribution in [-0.2, 0) is 15.4 Å². The molecular weight excluding hydrogens is 360 g/mol. The quantitative estimate of drug-likeness (QED) is 0.796. The molecule has 142 valence electrons. The highest BCUT2D eigenvalue weighted by Crippen LogP contribution is 2.23. The fourth-order valence-corrected chi connectivity index (χ4v) is 3.34. The van der Waals surface area contributed by atoms with Crippen molar-refractivity contribution in [1.29, 1.82) is 0 Å². The smallest absolute Gasteiger partial charge is 0.252 e. The van der Waals surface area contributed by atoms with Crippen LogP contribution in [0.4, 0.5) is 0 Å². The molecule has 0 bridgehead atoms. The minimum Gasteiger partial charge on any atom is -0.355 e. The molecule has 5 nitrogen and oxygen atoms in total. The number of rotatable bonds is 4. The molecule has 0 aliphatic rings. The van der Waals surface area contributed by atoms with Gasteiger partial charge >= 0.3 is 0 Å². The highest BCUT2D eigenvalue weighted by Gasteiger charge is 2.17. The van der Waals surface area contributed by atoms with Gasteiger partial charge in [0.15, 0.2) is 0 Å². The van der Waals surface area contributed by atoms with Gasteiger partial charge in [-0.15, -0.1) is 0 Å². The van der Waals surface area contributed by atoms with Gasteiger partial charge in [0, 0.05) is 12.6 Å². The summed E-state index contributed by atoms with van der Waals surface area (Å²) in [4.78, 5) is 12.0. The topological polar surface area (TPSA) is 75.3 Å². The Hall–Kier alpha value is -2.62. The van der Waals surface area contributed by atoms with Crippen molar-refractivity contribution in [3.63, 3.8) is 0 Å². The number of hydrogen-bond acceptors (Lipinski definition) is 3. The molecule has 2 aromatic carbocycles. The van der Waals surface area contributed by atoms with Crippen molar-refractivity contribution < 1.29 is 13.2 Å². The lowest BCUT2D eigenvalue weighted by atomic mass is 9.87. The van der Waals surface area contributed by atoms with Crippen LogP contribution in [0.5, 0.6) is 0 Å². The predicted molar refractivity (Wildman–Crippen MR) is 107 cm³/mol. The number of carbonyl (C=O) groups is 1. The second kappa shape index (κ2) is 8.38. The van der Waals surface area contributed by atoms with Gasteiger partial charge in [-0.3, -0.25) is 4.79 Å². The molecule has 0 saturated heterocycles. The first-order valence-electron chi connectivity index (χ1n) is 8.55. The lowest BCUT2D eigenvalue weighted by Crippen LogP contribution is -2.24. The van der Waals surface area contributed by atoms with E-state index < -0.39 is 10.0 Å². The van der Waals surface area contributed by atoms with Crippen molar-refractivity contribution in [3.8, 4) is 11.8 Å². The van der Waals surface area contributed by atoms with Crippen molar-refractivity contribution >= 4 is 15.9 Å². The molecule has 0 saturated carbocycles. The Morgan fingerprint density at radius 3 is 2.26 bits per heavy atom. The molecule has 2 rings (SSSR count). The molecule has 0 fully saturated rings. The van der Waals surface area contributed by atoms with Crippen LogP contribution >= 0.6 is 0 Å². The van der Waals surface area contributed by atoms with Gasteiger partial charge in [0.25, 0.3) is 5.91 Å². The maximum absolute atomic E-state index is 12.4. The van der Waals surface area contributed by atoms with E-state index in [1.54, 1.807) is 43.4 Å². The van der Waals surface area contributed by atoms with Crippen LogP contribution in [0.2, 0.25) is 0 Å². The first-order valence-corrected chi connectivity index (χ1v) is 10.0. The number of sulfonamides is 1. The zero-order valence-electron chi connectivity index (χ0n) is 16.0. The molecule has 6 heteroatoms. The van der Waals surface area contributed by atoms with E-state index in [1.807, 2.05) is 12.1 Å². The van der Waals surface area contributed by atoms with E-state index in [-0.39, 0.29) is 22.8 Å². The highest BCUT2D eigenvalue weighted by atomic mass is 32.2. The van der Waals surface area contributed by atoms with Gasteiger partial charge in [0.05, 0.1) is 17.0 Å². The van der Waals surface area contributed by atoms with Crippen molar-refractivity contribution in [3.05, 3.63) is 65.2 Å². The number of nitrogens with one attached hydrogen (secondary N) is 2. The third kappa shape index (κ3) is 5.43. The molecule has 27 heavy (non-hydrogen) atoms. The van der Waals surface area contributed by atoms with E-state index in [0.717, 1.165) is 5.56 Å². The van der Waals surface area contributed by atoms with Crippen molar-refractivity contribution in [2.45, 2.75) is 31.1 Å². The van der Waals surface area contributed by atoms with E-state index in [2.05, 4.69) is 42.7 Å². The Labute approximate surface area is 161 Å². The zero-order valence-corrected chi connectivity index (χ0v) is 16.8. The van der Waals surface area contributed by atoms with Crippen molar-refractivity contribution in [1.82, 2.24) is 10.0 Å². The second-order valence-electron chi connectivity index (χ2n) is 7.03. The number of hydrogen-bond donors (Lipinski definition) is 2. The molecule has 0 atom stereocenters. The molecule has 2 aromatic rings. The van der Waals surface area contributed by atoms with Gasteiger partial charge in [0.2, 0.25) is 10.0 Å². The molecule has 0 heterocycles. The van der Waals surface area contributed by atoms with Crippen molar-refractivity contribution in [2.75, 3.05) is 13.6 Å². The Kier molecular flexibility index (Phi) is 6.42. The third-order valence-electron chi connectivity index (χ3n) is 4.00. The molecule has 1 amide bonds. The van der Waals surface area contributed by atoms with Gasteiger partial charge in [0.1, 0.15) is 0 Å². The maximum Gasteiger partial charge on any atom is 0.252 e. The zero-order chi connectivity index (χ0) is 20.1. The Morgan fingerprint density at radius 1 is 1.04 bits per heavy atom. The summed E-state index contributed by atoms with van der Waals surface area (Å²) in [6, 6.07) is 13.7. The summed E-state index contributed by atoms with van der Waals surface area (Å²) in [5.41, 5.74) is 2.02. The molecule has 0 radical (unpaired) electrons. The molecule has 0 aromatic heterocycles. The Bertz CT molecular complexity index is 977. The van der Waals surface area contributed by atoms with Gasteiger partial charge < -0.3 is 5.32 Å². The number of carbonyl (C=O) groups excluding carboxylic acids is 1. The lowest BCUT2D eigenvalue weighted by Gasteiger charge is -2.19. The molecule has 2 N–H and O–H groups in total. The van der Waals surface area contributed by atoms with Crippen LogP contribution in [0.25, 0.3) is 0 Å². The largest absolute Gasteiger partial charge is 0.355 e. The first-order chi connectivity index (χ1) is 12.6. The molecule has 0 aliphatic carbocycles. The van der Waals surface area contributed by atoms with Crippen LogP contribution in [0.1, 0.15) is 42.3 Å². The van der Waals surface area contributed by atoms with Crippen LogP contribution in [0.3, 0.4) is 0 Å². The molecular formula is C21H24N2O3S. The fourth-order valence-electron chi connectivity index (χ4n) is 2.41. The van der Waals surface area contributed by atoms with Gasteiger partial charge in [-0.2, -0.15) is 4.72 Å². The maximum atomic E-state index is 12.4. The van der Waals surface area contributed by atoms with Crippen LogP contribution < -0.4 is 10.0 Å². The molecule has 0 unspecified atom stereocenters.